The zero-order chi connectivity index (χ0) is 12.2. The molecule has 5 nitrogen and oxygen atoms in total. The van der Waals surface area contributed by atoms with E-state index >= 15 is 0 Å². The van der Waals surface area contributed by atoms with E-state index in [1.54, 1.807) is 18.2 Å². The topological polar surface area (TPSA) is 98.7 Å². The molecule has 0 radical (unpaired) electrons. The number of hydrogen-bond donors (Lipinski definition) is 5. The third-order valence-corrected chi connectivity index (χ3v) is 2.69. The van der Waals surface area contributed by atoms with Crippen LogP contribution in [0.5, 0.6) is 0 Å². The number of para-hydroxylation sites is 1. The minimum atomic E-state index is -1.21. The van der Waals surface area contributed by atoms with Crippen LogP contribution in [0, 0.1) is 0 Å². The minimum Gasteiger partial charge on any atom is -0.396 e. The van der Waals surface area contributed by atoms with Gasteiger partial charge in [-0.1, -0.05) is 17.7 Å². The molecule has 6 heteroatoms. The standard InChI is InChI=1S/C10H15ClN2O3/c11-7-2-1-3-8(9(7)12)13-10(4-14,5-15)6-16/h1-3,13-16H,4-6,12H2. The number of nitrogen functional groups attached to an aromatic ring is 1. The van der Waals surface area contributed by atoms with Crippen LogP contribution in [0.4, 0.5) is 11.4 Å². The van der Waals surface area contributed by atoms with Crippen molar-refractivity contribution >= 4 is 23.0 Å². The van der Waals surface area contributed by atoms with Gasteiger partial charge in [0.15, 0.2) is 0 Å². The highest BCUT2D eigenvalue weighted by atomic mass is 35.5. The summed E-state index contributed by atoms with van der Waals surface area (Å²) in [5.41, 5.74) is 5.28. The molecule has 0 aliphatic carbocycles. The van der Waals surface area contributed by atoms with Crippen LogP contribution >= 0.6 is 11.6 Å². The van der Waals surface area contributed by atoms with Crippen LogP contribution in [0.15, 0.2) is 18.2 Å². The molecule has 0 aliphatic rings. The second-order valence-electron chi connectivity index (χ2n) is 3.58. The highest BCUT2D eigenvalue weighted by molar-refractivity contribution is 6.33. The molecule has 1 aromatic carbocycles. The average Bonchev–Trinajstić information content (AvgIpc) is 2.32. The van der Waals surface area contributed by atoms with Gasteiger partial charge in [0.2, 0.25) is 0 Å². The molecule has 0 saturated heterocycles. The first-order valence-electron chi connectivity index (χ1n) is 4.73. The van der Waals surface area contributed by atoms with Crippen molar-refractivity contribution < 1.29 is 15.3 Å². The molecule has 0 amide bonds. The van der Waals surface area contributed by atoms with E-state index in [0.29, 0.717) is 16.4 Å². The smallest absolute Gasteiger partial charge is 0.107 e. The van der Waals surface area contributed by atoms with Gasteiger partial charge in [-0.15, -0.1) is 0 Å². The van der Waals surface area contributed by atoms with Crippen LogP contribution < -0.4 is 11.1 Å². The lowest BCUT2D eigenvalue weighted by Gasteiger charge is -2.30. The van der Waals surface area contributed by atoms with Gasteiger partial charge < -0.3 is 26.4 Å². The number of benzene rings is 1. The molecule has 16 heavy (non-hydrogen) atoms. The van der Waals surface area contributed by atoms with Gasteiger partial charge in [-0.05, 0) is 12.1 Å². The molecule has 0 bridgehead atoms. The lowest BCUT2D eigenvalue weighted by molar-refractivity contribution is 0.0834. The summed E-state index contributed by atoms with van der Waals surface area (Å²) in [5, 5.41) is 30.6. The molecule has 6 N–H and O–H groups in total. The Morgan fingerprint density at radius 3 is 2.25 bits per heavy atom. The third-order valence-electron chi connectivity index (χ3n) is 2.36. The number of anilines is 2. The Morgan fingerprint density at radius 1 is 1.19 bits per heavy atom. The first-order valence-corrected chi connectivity index (χ1v) is 5.11. The van der Waals surface area contributed by atoms with E-state index < -0.39 is 25.4 Å². The van der Waals surface area contributed by atoms with Crippen LogP contribution in [-0.4, -0.2) is 40.7 Å². The van der Waals surface area contributed by atoms with Gasteiger partial charge in [0.05, 0.1) is 36.2 Å². The van der Waals surface area contributed by atoms with E-state index in [9.17, 15) is 0 Å². The fourth-order valence-corrected chi connectivity index (χ4v) is 1.37. The largest absolute Gasteiger partial charge is 0.396 e. The monoisotopic (exact) mass is 246 g/mol. The van der Waals surface area contributed by atoms with E-state index in [0.717, 1.165) is 0 Å². The van der Waals surface area contributed by atoms with Crippen molar-refractivity contribution in [2.75, 3.05) is 30.9 Å². The highest BCUT2D eigenvalue weighted by Crippen LogP contribution is 2.28. The second kappa shape index (κ2) is 5.36. The predicted octanol–water partition coefficient (Wildman–Crippen LogP) is 0.0498. The molecule has 0 heterocycles. The Morgan fingerprint density at radius 2 is 1.75 bits per heavy atom. The number of halogens is 1. The van der Waals surface area contributed by atoms with Gasteiger partial charge in [-0.3, -0.25) is 0 Å². The molecule has 0 aromatic heterocycles. The Labute approximate surface area is 98.5 Å². The fourth-order valence-electron chi connectivity index (χ4n) is 1.20. The molecular weight excluding hydrogens is 232 g/mol. The SMILES string of the molecule is Nc1c(Cl)cccc1NC(CO)(CO)CO. The summed E-state index contributed by atoms with van der Waals surface area (Å²) >= 11 is 5.82. The number of rotatable bonds is 5. The average molecular weight is 247 g/mol. The van der Waals surface area contributed by atoms with E-state index in [4.69, 9.17) is 32.7 Å². The molecule has 0 aliphatic heterocycles. The van der Waals surface area contributed by atoms with Crippen LogP contribution in [0.1, 0.15) is 0 Å². The lowest BCUT2D eigenvalue weighted by Crippen LogP contribution is -2.49. The molecule has 0 saturated carbocycles. The van der Waals surface area contributed by atoms with Gasteiger partial charge >= 0.3 is 0 Å². The van der Waals surface area contributed by atoms with Gasteiger partial charge in [0.1, 0.15) is 5.54 Å². The third kappa shape index (κ3) is 2.56. The Balaban J connectivity index is 2.98. The summed E-state index contributed by atoms with van der Waals surface area (Å²) in [7, 11) is 0. The van der Waals surface area contributed by atoms with Gasteiger partial charge in [-0.2, -0.15) is 0 Å². The number of aliphatic hydroxyl groups excluding tert-OH is 3. The van der Waals surface area contributed by atoms with Gasteiger partial charge in [0.25, 0.3) is 0 Å². The van der Waals surface area contributed by atoms with Crippen molar-refractivity contribution in [3.63, 3.8) is 0 Å². The number of hydrogen-bond acceptors (Lipinski definition) is 5. The molecular formula is C10H15ClN2O3. The van der Waals surface area contributed by atoms with Crippen LogP contribution in [0.3, 0.4) is 0 Å². The van der Waals surface area contributed by atoms with Gasteiger partial charge in [-0.25, -0.2) is 0 Å². The van der Waals surface area contributed by atoms with E-state index in [1.807, 2.05) is 0 Å². The van der Waals surface area contributed by atoms with Crippen molar-refractivity contribution in [3.05, 3.63) is 23.2 Å². The number of aliphatic hydroxyl groups is 3. The zero-order valence-electron chi connectivity index (χ0n) is 8.65. The minimum absolute atomic E-state index is 0.309. The van der Waals surface area contributed by atoms with E-state index in [-0.39, 0.29) is 0 Å². The zero-order valence-corrected chi connectivity index (χ0v) is 9.41. The van der Waals surface area contributed by atoms with Crippen molar-refractivity contribution in [2.45, 2.75) is 5.54 Å². The Bertz CT molecular complexity index is 348. The van der Waals surface area contributed by atoms with Gasteiger partial charge in [0, 0.05) is 0 Å². The predicted molar refractivity (Wildman–Crippen MR) is 63.5 cm³/mol. The maximum absolute atomic E-state index is 9.14. The second-order valence-corrected chi connectivity index (χ2v) is 3.99. The maximum atomic E-state index is 9.14. The van der Waals surface area contributed by atoms with Crippen molar-refractivity contribution in [2.24, 2.45) is 0 Å². The molecule has 1 rings (SSSR count). The quantitative estimate of drug-likeness (QED) is 0.473. The highest BCUT2D eigenvalue weighted by Gasteiger charge is 2.28. The maximum Gasteiger partial charge on any atom is 0.107 e. The summed E-state index contributed by atoms with van der Waals surface area (Å²) < 4.78 is 0. The fraction of sp³-hybridized carbons (Fsp3) is 0.400. The first kappa shape index (κ1) is 13.1. The van der Waals surface area contributed by atoms with Crippen LogP contribution in [0.25, 0.3) is 0 Å². The molecule has 0 spiro atoms. The summed E-state index contributed by atoms with van der Waals surface area (Å²) in [6.45, 7) is -1.27. The molecule has 1 aromatic rings. The van der Waals surface area contributed by atoms with E-state index in [2.05, 4.69) is 5.32 Å². The molecule has 0 unspecified atom stereocenters. The Kier molecular flexibility index (Phi) is 4.37. The summed E-state index contributed by atoms with van der Waals surface area (Å²) in [6, 6.07) is 4.95. The van der Waals surface area contributed by atoms with Crippen LogP contribution in [-0.2, 0) is 0 Å². The summed E-state index contributed by atoms with van der Waals surface area (Å²) in [4.78, 5) is 0. The molecule has 90 valence electrons. The molecule has 0 atom stereocenters. The Hall–Kier alpha value is -1.01. The summed E-state index contributed by atoms with van der Waals surface area (Å²) in [6.07, 6.45) is 0. The van der Waals surface area contributed by atoms with E-state index in [1.165, 1.54) is 0 Å². The number of nitrogens with two attached hydrogens (primary N) is 1. The summed E-state index contributed by atoms with van der Waals surface area (Å²) in [5.74, 6) is 0. The van der Waals surface area contributed by atoms with Crippen molar-refractivity contribution in [1.29, 1.82) is 0 Å². The van der Waals surface area contributed by atoms with Crippen molar-refractivity contribution in [3.8, 4) is 0 Å². The van der Waals surface area contributed by atoms with Crippen LogP contribution in [0.2, 0.25) is 5.02 Å². The lowest BCUT2D eigenvalue weighted by atomic mass is 10.0. The molecule has 0 fully saturated rings. The van der Waals surface area contributed by atoms with Crippen molar-refractivity contribution in [1.82, 2.24) is 0 Å². The first-order chi connectivity index (χ1) is 7.58. The normalized spacial score (nSPS) is 11.5. The number of nitrogens with one attached hydrogen (secondary N) is 1.